The molecule has 0 aliphatic heterocycles. The fourth-order valence-corrected chi connectivity index (χ4v) is 3.30. The highest BCUT2D eigenvalue weighted by atomic mass is 127. The fraction of sp³-hybridized carbons (Fsp3) is 0.231. The molecular formula is C13H12FIN6S. The number of hydrogen-bond donors (Lipinski definition) is 1. The van der Waals surface area contributed by atoms with Crippen molar-refractivity contribution in [3.63, 3.8) is 0 Å². The fourth-order valence-electron chi connectivity index (χ4n) is 2.04. The smallest absolute Gasteiger partial charge is 0.183 e. The van der Waals surface area contributed by atoms with Crippen LogP contribution < -0.4 is 5.32 Å². The van der Waals surface area contributed by atoms with Crippen molar-refractivity contribution in [2.45, 2.75) is 19.9 Å². The summed E-state index contributed by atoms with van der Waals surface area (Å²) in [6.07, 6.45) is 6.26. The highest BCUT2D eigenvalue weighted by Gasteiger charge is 2.16. The zero-order chi connectivity index (χ0) is 15.7. The van der Waals surface area contributed by atoms with Gasteiger partial charge in [-0.25, -0.2) is 24.3 Å². The maximum Gasteiger partial charge on any atom is 0.183 e. The molecule has 114 valence electrons. The van der Waals surface area contributed by atoms with Crippen LogP contribution in [-0.4, -0.2) is 30.0 Å². The van der Waals surface area contributed by atoms with E-state index in [0.29, 0.717) is 5.82 Å². The molecule has 0 saturated carbocycles. The Morgan fingerprint density at radius 2 is 2.14 bits per heavy atom. The van der Waals surface area contributed by atoms with Crippen LogP contribution in [0.15, 0.2) is 24.9 Å². The standard InChI is InChI=1S/C13H12FIN6S/c1-7(2)19-12-10(14)4-17-11(20-12)9-5-21(22-15)13-8(9)3-16-6-18-13/h3-7H,1-2H3,(H,17,19,20). The SMILES string of the molecule is CC(C)Nc1nc(-c2cn(SI)c3ncncc23)ncc1F. The summed E-state index contributed by atoms with van der Waals surface area (Å²) in [5, 5.41) is 3.81. The highest BCUT2D eigenvalue weighted by Crippen LogP contribution is 2.32. The van der Waals surface area contributed by atoms with Gasteiger partial charge < -0.3 is 5.32 Å². The Morgan fingerprint density at radius 1 is 1.32 bits per heavy atom. The van der Waals surface area contributed by atoms with Crippen LogP contribution in [0.3, 0.4) is 0 Å². The maximum absolute atomic E-state index is 13.8. The molecule has 0 radical (unpaired) electrons. The number of nitrogens with zero attached hydrogens (tertiary/aromatic N) is 5. The van der Waals surface area contributed by atoms with Crippen LogP contribution in [0.2, 0.25) is 0 Å². The predicted molar refractivity (Wildman–Crippen MR) is 94.3 cm³/mol. The van der Waals surface area contributed by atoms with Gasteiger partial charge in [0.2, 0.25) is 0 Å². The molecule has 0 aliphatic rings. The Morgan fingerprint density at radius 3 is 2.86 bits per heavy atom. The first-order valence-corrected chi connectivity index (χ1v) is 9.81. The summed E-state index contributed by atoms with van der Waals surface area (Å²) >= 11 is 2.17. The van der Waals surface area contributed by atoms with Gasteiger partial charge in [0.15, 0.2) is 23.1 Å². The Labute approximate surface area is 142 Å². The minimum absolute atomic E-state index is 0.0758. The van der Waals surface area contributed by atoms with Crippen LogP contribution in [0.25, 0.3) is 22.4 Å². The number of aromatic nitrogens is 5. The first-order chi connectivity index (χ1) is 10.6. The second-order valence-corrected chi connectivity index (χ2v) is 6.60. The number of nitrogens with one attached hydrogen (secondary N) is 1. The van der Waals surface area contributed by atoms with E-state index in [9.17, 15) is 4.39 Å². The third-order valence-electron chi connectivity index (χ3n) is 2.92. The van der Waals surface area contributed by atoms with Gasteiger partial charge in [0.05, 0.1) is 6.20 Å². The molecule has 0 bridgehead atoms. The second-order valence-electron chi connectivity index (χ2n) is 4.89. The summed E-state index contributed by atoms with van der Waals surface area (Å²) in [5.74, 6) is 0.161. The summed E-state index contributed by atoms with van der Waals surface area (Å²) in [6, 6.07) is 0.0758. The molecule has 0 spiro atoms. The van der Waals surface area contributed by atoms with E-state index in [2.05, 4.69) is 46.5 Å². The van der Waals surface area contributed by atoms with Crippen molar-refractivity contribution in [3.8, 4) is 11.4 Å². The number of halogens is 2. The van der Waals surface area contributed by atoms with Crippen LogP contribution in [0.1, 0.15) is 13.8 Å². The summed E-state index contributed by atoms with van der Waals surface area (Å²) in [6.45, 7) is 3.85. The zero-order valence-corrected chi connectivity index (χ0v) is 14.8. The van der Waals surface area contributed by atoms with Crippen molar-refractivity contribution in [1.29, 1.82) is 0 Å². The van der Waals surface area contributed by atoms with Gasteiger partial charge in [-0.05, 0) is 13.8 Å². The molecule has 0 saturated heterocycles. The summed E-state index contributed by atoms with van der Waals surface area (Å²) in [7, 11) is 1.48. The molecule has 22 heavy (non-hydrogen) atoms. The molecule has 0 aromatic carbocycles. The molecule has 6 nitrogen and oxygen atoms in total. The van der Waals surface area contributed by atoms with E-state index in [1.54, 1.807) is 6.20 Å². The van der Waals surface area contributed by atoms with E-state index in [-0.39, 0.29) is 11.9 Å². The molecular weight excluding hydrogens is 418 g/mol. The van der Waals surface area contributed by atoms with Gasteiger partial charge in [-0.15, -0.1) is 0 Å². The highest BCUT2D eigenvalue weighted by molar-refractivity contribution is 14.2. The molecule has 0 unspecified atom stereocenters. The number of fused-ring (bicyclic) bond motifs is 1. The average Bonchev–Trinajstić information content (AvgIpc) is 2.88. The van der Waals surface area contributed by atoms with Crippen molar-refractivity contribution in [3.05, 3.63) is 30.7 Å². The van der Waals surface area contributed by atoms with Crippen molar-refractivity contribution >= 4 is 47.2 Å². The van der Waals surface area contributed by atoms with Gasteiger partial charge in [0.25, 0.3) is 0 Å². The van der Waals surface area contributed by atoms with Crippen LogP contribution >= 0.6 is 30.3 Å². The summed E-state index contributed by atoms with van der Waals surface area (Å²) < 4.78 is 15.7. The van der Waals surface area contributed by atoms with E-state index in [4.69, 9.17) is 0 Å². The molecule has 3 aromatic heterocycles. The van der Waals surface area contributed by atoms with Crippen LogP contribution in [0.4, 0.5) is 10.2 Å². The molecule has 9 heteroatoms. The molecule has 3 heterocycles. The Kier molecular flexibility index (Phi) is 4.43. The Balaban J connectivity index is 2.15. The normalized spacial score (nSPS) is 11.3. The first kappa shape index (κ1) is 15.4. The van der Waals surface area contributed by atoms with Crippen molar-refractivity contribution < 1.29 is 4.39 Å². The average molecular weight is 430 g/mol. The Bertz CT molecular complexity index is 821. The molecule has 0 aliphatic carbocycles. The van der Waals surface area contributed by atoms with Crippen LogP contribution in [-0.2, 0) is 0 Å². The minimum Gasteiger partial charge on any atom is -0.365 e. The third-order valence-corrected chi connectivity index (χ3v) is 4.62. The van der Waals surface area contributed by atoms with Gasteiger partial charge in [0, 0.05) is 59.7 Å². The lowest BCUT2D eigenvalue weighted by Crippen LogP contribution is -2.13. The van der Waals surface area contributed by atoms with E-state index >= 15 is 0 Å². The summed E-state index contributed by atoms with van der Waals surface area (Å²) in [5.41, 5.74) is 1.54. The quantitative estimate of drug-likeness (QED) is 0.637. The van der Waals surface area contributed by atoms with Crippen LogP contribution in [0.5, 0.6) is 0 Å². The lowest BCUT2D eigenvalue weighted by molar-refractivity contribution is 0.615. The van der Waals surface area contributed by atoms with Gasteiger partial charge in [-0.2, -0.15) is 0 Å². The topological polar surface area (TPSA) is 68.5 Å². The lowest BCUT2D eigenvalue weighted by atomic mass is 10.2. The molecule has 3 rings (SSSR count). The molecule has 0 atom stereocenters. The van der Waals surface area contributed by atoms with Crippen molar-refractivity contribution in [2.75, 3.05) is 5.32 Å². The first-order valence-electron chi connectivity index (χ1n) is 6.49. The number of anilines is 1. The minimum atomic E-state index is -0.472. The van der Waals surface area contributed by atoms with Gasteiger partial charge in [-0.3, -0.25) is 3.97 Å². The van der Waals surface area contributed by atoms with Crippen molar-refractivity contribution in [2.24, 2.45) is 0 Å². The van der Waals surface area contributed by atoms with E-state index in [0.717, 1.165) is 16.6 Å². The van der Waals surface area contributed by atoms with E-state index in [1.165, 1.54) is 21.6 Å². The van der Waals surface area contributed by atoms with E-state index in [1.807, 2.05) is 24.0 Å². The van der Waals surface area contributed by atoms with Gasteiger partial charge in [0.1, 0.15) is 6.33 Å². The predicted octanol–water partition coefficient (Wildman–Crippen LogP) is 3.69. The lowest BCUT2D eigenvalue weighted by Gasteiger charge is -2.10. The van der Waals surface area contributed by atoms with E-state index < -0.39 is 5.82 Å². The third kappa shape index (κ3) is 2.86. The zero-order valence-electron chi connectivity index (χ0n) is 11.8. The van der Waals surface area contributed by atoms with Crippen LogP contribution in [0, 0.1) is 5.82 Å². The number of hydrogen-bond acceptors (Lipinski definition) is 6. The second kappa shape index (κ2) is 6.32. The summed E-state index contributed by atoms with van der Waals surface area (Å²) in [4.78, 5) is 16.7. The van der Waals surface area contributed by atoms with Gasteiger partial charge >= 0.3 is 0 Å². The largest absolute Gasteiger partial charge is 0.365 e. The monoisotopic (exact) mass is 430 g/mol. The molecule has 1 N–H and O–H groups in total. The molecule has 3 aromatic rings. The number of rotatable bonds is 4. The maximum atomic E-state index is 13.8. The van der Waals surface area contributed by atoms with Gasteiger partial charge in [-0.1, -0.05) is 0 Å². The molecule has 0 fully saturated rings. The Hall–Kier alpha value is -1.49. The van der Waals surface area contributed by atoms with Crippen molar-refractivity contribution in [1.82, 2.24) is 23.9 Å². The molecule has 0 amide bonds.